The van der Waals surface area contributed by atoms with Crippen LogP contribution < -0.4 is 10.0 Å². The van der Waals surface area contributed by atoms with E-state index in [1.165, 1.54) is 6.07 Å². The summed E-state index contributed by atoms with van der Waals surface area (Å²) in [5.41, 5.74) is 0. The van der Waals surface area contributed by atoms with Crippen LogP contribution in [0.1, 0.15) is 20.3 Å². The molecule has 0 radical (unpaired) electrons. The average molecular weight is 275 g/mol. The van der Waals surface area contributed by atoms with E-state index in [-0.39, 0.29) is 11.6 Å². The molecule has 102 valence electrons. The minimum absolute atomic E-state index is 0.00573. The quantitative estimate of drug-likeness (QED) is 0.737. The van der Waals surface area contributed by atoms with Gasteiger partial charge in [-0.25, -0.2) is 17.8 Å². The predicted octanol–water partition coefficient (Wildman–Crippen LogP) is 1.35. The summed E-state index contributed by atoms with van der Waals surface area (Å²) in [5, 5.41) is 3.13. The van der Waals surface area contributed by atoms with Crippen molar-refractivity contribution in [3.8, 4) is 0 Å². The molecule has 0 aliphatic carbocycles. The van der Waals surface area contributed by atoms with E-state index in [0.29, 0.717) is 19.0 Å². The van der Waals surface area contributed by atoms with Crippen LogP contribution in [0.2, 0.25) is 0 Å². The number of pyridine rings is 1. The van der Waals surface area contributed by atoms with Crippen LogP contribution in [0.5, 0.6) is 0 Å². The maximum absolute atomic E-state index is 12.6. The standard InChI is InChI=1S/C11H18FN3O2S/c1-9(2)13-6-3-7-18(16,17)15-11-5-4-10(12)8-14-11/h4-5,8-9,13H,3,6-7H2,1-2H3,(H,14,15). The van der Waals surface area contributed by atoms with Crippen molar-refractivity contribution >= 4 is 15.8 Å². The van der Waals surface area contributed by atoms with Crippen LogP contribution in [-0.4, -0.2) is 31.7 Å². The van der Waals surface area contributed by atoms with E-state index in [2.05, 4.69) is 15.0 Å². The molecule has 0 unspecified atom stereocenters. The van der Waals surface area contributed by atoms with Crippen molar-refractivity contribution < 1.29 is 12.8 Å². The molecule has 1 rings (SSSR count). The lowest BCUT2D eigenvalue weighted by atomic mass is 10.4. The monoisotopic (exact) mass is 275 g/mol. The Morgan fingerprint density at radius 2 is 2.11 bits per heavy atom. The molecule has 5 nitrogen and oxygen atoms in total. The highest BCUT2D eigenvalue weighted by Gasteiger charge is 2.10. The second-order valence-corrected chi connectivity index (χ2v) is 6.09. The molecule has 0 saturated carbocycles. The fraction of sp³-hybridized carbons (Fsp3) is 0.545. The summed E-state index contributed by atoms with van der Waals surface area (Å²) in [6.07, 6.45) is 1.48. The van der Waals surface area contributed by atoms with Crippen molar-refractivity contribution in [2.24, 2.45) is 0 Å². The Kier molecular flexibility index (Phi) is 5.49. The molecule has 0 amide bonds. The zero-order valence-corrected chi connectivity index (χ0v) is 11.3. The van der Waals surface area contributed by atoms with Gasteiger partial charge in [-0.2, -0.15) is 0 Å². The molecule has 0 bridgehead atoms. The Bertz CT molecular complexity index is 460. The number of nitrogens with one attached hydrogen (secondary N) is 2. The molecule has 1 aromatic rings. The summed E-state index contributed by atoms with van der Waals surface area (Å²) in [4.78, 5) is 3.64. The molecule has 0 fully saturated rings. The van der Waals surface area contributed by atoms with E-state index in [9.17, 15) is 12.8 Å². The van der Waals surface area contributed by atoms with Crippen LogP contribution in [-0.2, 0) is 10.0 Å². The maximum atomic E-state index is 12.6. The van der Waals surface area contributed by atoms with Gasteiger partial charge in [-0.1, -0.05) is 13.8 Å². The molecule has 18 heavy (non-hydrogen) atoms. The molecular weight excluding hydrogens is 257 g/mol. The van der Waals surface area contributed by atoms with E-state index < -0.39 is 15.8 Å². The first-order valence-electron chi connectivity index (χ1n) is 5.74. The van der Waals surface area contributed by atoms with Gasteiger partial charge in [-0.3, -0.25) is 4.72 Å². The normalized spacial score (nSPS) is 11.8. The number of rotatable bonds is 7. The van der Waals surface area contributed by atoms with E-state index in [1.54, 1.807) is 0 Å². The molecule has 0 aromatic carbocycles. The van der Waals surface area contributed by atoms with Gasteiger partial charge in [-0.15, -0.1) is 0 Å². The smallest absolute Gasteiger partial charge is 0.233 e. The topological polar surface area (TPSA) is 71.1 Å². The van der Waals surface area contributed by atoms with E-state index in [0.717, 1.165) is 12.3 Å². The van der Waals surface area contributed by atoms with Crippen LogP contribution in [0.3, 0.4) is 0 Å². The molecule has 0 aliphatic heterocycles. The van der Waals surface area contributed by atoms with Crippen molar-refractivity contribution in [2.75, 3.05) is 17.0 Å². The SMILES string of the molecule is CC(C)NCCCS(=O)(=O)Nc1ccc(F)cn1. The van der Waals surface area contributed by atoms with Gasteiger partial charge in [0, 0.05) is 6.04 Å². The van der Waals surface area contributed by atoms with Gasteiger partial charge in [0.15, 0.2) is 0 Å². The van der Waals surface area contributed by atoms with Crippen LogP contribution in [0.25, 0.3) is 0 Å². The molecular formula is C11H18FN3O2S. The van der Waals surface area contributed by atoms with Crippen molar-refractivity contribution in [3.05, 3.63) is 24.1 Å². The molecule has 7 heteroatoms. The Morgan fingerprint density at radius 3 is 2.67 bits per heavy atom. The first-order chi connectivity index (χ1) is 8.39. The van der Waals surface area contributed by atoms with Gasteiger partial charge >= 0.3 is 0 Å². The fourth-order valence-corrected chi connectivity index (χ4v) is 2.37. The Morgan fingerprint density at radius 1 is 1.39 bits per heavy atom. The van der Waals surface area contributed by atoms with E-state index in [1.807, 2.05) is 13.8 Å². The molecule has 0 atom stereocenters. The highest BCUT2D eigenvalue weighted by Crippen LogP contribution is 2.06. The van der Waals surface area contributed by atoms with Crippen LogP contribution >= 0.6 is 0 Å². The Labute approximate surface area is 107 Å². The van der Waals surface area contributed by atoms with E-state index in [4.69, 9.17) is 0 Å². The molecule has 2 N–H and O–H groups in total. The number of sulfonamides is 1. The molecule has 0 spiro atoms. The number of halogens is 1. The summed E-state index contributed by atoms with van der Waals surface area (Å²) >= 11 is 0. The van der Waals surface area contributed by atoms with Crippen LogP contribution in [0.15, 0.2) is 18.3 Å². The number of anilines is 1. The minimum Gasteiger partial charge on any atom is -0.314 e. The number of hydrogen-bond acceptors (Lipinski definition) is 4. The van der Waals surface area contributed by atoms with Gasteiger partial charge < -0.3 is 5.32 Å². The predicted molar refractivity (Wildman–Crippen MR) is 69.4 cm³/mol. The summed E-state index contributed by atoms with van der Waals surface area (Å²) in [7, 11) is -3.42. The highest BCUT2D eigenvalue weighted by molar-refractivity contribution is 7.92. The summed E-state index contributed by atoms with van der Waals surface area (Å²) in [6, 6.07) is 2.78. The average Bonchev–Trinajstić information content (AvgIpc) is 2.27. The number of aromatic nitrogens is 1. The summed E-state index contributed by atoms with van der Waals surface area (Å²) in [5.74, 6) is -0.363. The Balaban J connectivity index is 2.42. The van der Waals surface area contributed by atoms with E-state index >= 15 is 0 Å². The fourth-order valence-electron chi connectivity index (χ4n) is 1.30. The summed E-state index contributed by atoms with van der Waals surface area (Å²) < 4.78 is 38.2. The number of nitrogens with zero attached hydrogens (tertiary/aromatic N) is 1. The van der Waals surface area contributed by atoms with Gasteiger partial charge in [0.25, 0.3) is 0 Å². The lowest BCUT2D eigenvalue weighted by molar-refractivity contribution is 0.570. The highest BCUT2D eigenvalue weighted by atomic mass is 32.2. The first-order valence-corrected chi connectivity index (χ1v) is 7.40. The first kappa shape index (κ1) is 14.8. The molecule has 1 heterocycles. The third-order valence-corrected chi connectivity index (χ3v) is 3.48. The molecule has 1 aromatic heterocycles. The second-order valence-electron chi connectivity index (χ2n) is 4.24. The second kappa shape index (κ2) is 6.65. The molecule has 0 saturated heterocycles. The lowest BCUT2D eigenvalue weighted by Gasteiger charge is -2.09. The van der Waals surface area contributed by atoms with Crippen LogP contribution in [0, 0.1) is 5.82 Å². The Hall–Kier alpha value is -1.21. The number of hydrogen-bond donors (Lipinski definition) is 2. The zero-order chi connectivity index (χ0) is 13.6. The zero-order valence-electron chi connectivity index (χ0n) is 10.5. The van der Waals surface area contributed by atoms with Crippen molar-refractivity contribution in [2.45, 2.75) is 26.3 Å². The van der Waals surface area contributed by atoms with Crippen molar-refractivity contribution in [1.82, 2.24) is 10.3 Å². The van der Waals surface area contributed by atoms with Gasteiger partial charge in [0.1, 0.15) is 11.6 Å². The lowest BCUT2D eigenvalue weighted by Crippen LogP contribution is -2.26. The third kappa shape index (κ3) is 5.92. The van der Waals surface area contributed by atoms with Crippen molar-refractivity contribution in [3.63, 3.8) is 0 Å². The molecule has 0 aliphatic rings. The summed E-state index contributed by atoms with van der Waals surface area (Å²) in [6.45, 7) is 4.62. The van der Waals surface area contributed by atoms with Crippen molar-refractivity contribution in [1.29, 1.82) is 0 Å². The van der Waals surface area contributed by atoms with Gasteiger partial charge in [0.05, 0.1) is 11.9 Å². The largest absolute Gasteiger partial charge is 0.314 e. The minimum atomic E-state index is -3.42. The third-order valence-electron chi connectivity index (χ3n) is 2.13. The van der Waals surface area contributed by atoms with Gasteiger partial charge in [-0.05, 0) is 25.1 Å². The van der Waals surface area contributed by atoms with Crippen LogP contribution in [0.4, 0.5) is 10.2 Å². The maximum Gasteiger partial charge on any atom is 0.233 e. The van der Waals surface area contributed by atoms with Gasteiger partial charge in [0.2, 0.25) is 10.0 Å².